The number of rotatable bonds is 1. The van der Waals surface area contributed by atoms with Crippen LogP contribution in [0.25, 0.3) is 0 Å². The molecule has 9 heavy (non-hydrogen) atoms. The lowest BCUT2D eigenvalue weighted by Crippen LogP contribution is -1.83. The van der Waals surface area contributed by atoms with Crippen LogP contribution in [0.4, 0.5) is 0 Å². The lowest BCUT2D eigenvalue weighted by atomic mass is 10.4. The Bertz CT molecular complexity index is 229. The summed E-state index contributed by atoms with van der Waals surface area (Å²) >= 11 is 3.69. The first kappa shape index (κ1) is 7.21. The first-order valence-corrected chi connectivity index (χ1v) is 4.41. The smallest absolute Gasteiger partial charge is 0.169 e. The van der Waals surface area contributed by atoms with Crippen molar-refractivity contribution in [3.63, 3.8) is 0 Å². The minimum absolute atomic E-state index is 0.155. The monoisotopic (exact) mass is 252 g/mol. The number of thiophene rings is 1. The van der Waals surface area contributed by atoms with Crippen LogP contribution in [0.5, 0.6) is 0 Å². The highest BCUT2D eigenvalue weighted by atomic mass is 127. The van der Waals surface area contributed by atoms with E-state index in [0.717, 1.165) is 8.45 Å². The normalized spacial score (nSPS) is 9.56. The number of halogens is 1. The molecule has 0 saturated carbocycles. The number of carbonyl (C=O) groups excluding carboxylic acids is 1. The standard InChI is InChI=1S/C6H5IOS/c1-4(8)6-2-5(7)3-9-6/h2-3H,1H3. The van der Waals surface area contributed by atoms with Gasteiger partial charge < -0.3 is 0 Å². The molecule has 0 fully saturated rings. The molecule has 0 amide bonds. The molecule has 1 heterocycles. The highest BCUT2D eigenvalue weighted by Crippen LogP contribution is 2.16. The Morgan fingerprint density at radius 3 is 2.67 bits per heavy atom. The first-order chi connectivity index (χ1) is 4.20. The summed E-state index contributed by atoms with van der Waals surface area (Å²) in [6.45, 7) is 1.59. The molecule has 0 aromatic carbocycles. The fraction of sp³-hybridized carbons (Fsp3) is 0.167. The summed E-state index contributed by atoms with van der Waals surface area (Å²) in [6, 6.07) is 1.90. The summed E-state index contributed by atoms with van der Waals surface area (Å²) < 4.78 is 1.14. The topological polar surface area (TPSA) is 17.1 Å². The fourth-order valence-corrected chi connectivity index (χ4v) is 2.07. The zero-order chi connectivity index (χ0) is 6.85. The predicted octanol–water partition coefficient (Wildman–Crippen LogP) is 2.56. The maximum atomic E-state index is 10.7. The van der Waals surface area contributed by atoms with Crippen LogP contribution in [0, 0.1) is 3.57 Å². The molecular formula is C6H5IOS. The summed E-state index contributed by atoms with van der Waals surface area (Å²) in [5.74, 6) is 0.155. The third-order valence-electron chi connectivity index (χ3n) is 0.914. The number of ketones is 1. The van der Waals surface area contributed by atoms with E-state index in [2.05, 4.69) is 22.6 Å². The number of Topliss-reactive ketones (excluding diaryl/α,β-unsaturated/α-hetero) is 1. The van der Waals surface area contributed by atoms with Gasteiger partial charge in [-0.15, -0.1) is 11.3 Å². The molecule has 0 atom stereocenters. The van der Waals surface area contributed by atoms with Crippen LogP contribution in [-0.4, -0.2) is 5.78 Å². The van der Waals surface area contributed by atoms with Crippen LogP contribution in [-0.2, 0) is 0 Å². The van der Waals surface area contributed by atoms with Crippen LogP contribution in [0.1, 0.15) is 16.6 Å². The van der Waals surface area contributed by atoms with Crippen molar-refractivity contribution < 1.29 is 4.79 Å². The third kappa shape index (κ3) is 1.76. The van der Waals surface area contributed by atoms with E-state index >= 15 is 0 Å². The van der Waals surface area contributed by atoms with Gasteiger partial charge in [0.2, 0.25) is 0 Å². The van der Waals surface area contributed by atoms with Crippen molar-refractivity contribution in [1.82, 2.24) is 0 Å². The lowest BCUT2D eigenvalue weighted by Gasteiger charge is -1.80. The number of hydrogen-bond acceptors (Lipinski definition) is 2. The van der Waals surface area contributed by atoms with Crippen LogP contribution < -0.4 is 0 Å². The molecule has 0 bridgehead atoms. The third-order valence-corrected chi connectivity index (χ3v) is 2.99. The Kier molecular flexibility index (Phi) is 2.23. The fourth-order valence-electron chi connectivity index (χ4n) is 0.498. The predicted molar refractivity (Wildman–Crippen MR) is 47.0 cm³/mol. The van der Waals surface area contributed by atoms with E-state index in [-0.39, 0.29) is 5.78 Å². The Labute approximate surface area is 71.2 Å². The van der Waals surface area contributed by atoms with Gasteiger partial charge in [0, 0.05) is 8.95 Å². The maximum absolute atomic E-state index is 10.7. The molecular weight excluding hydrogens is 247 g/mol. The van der Waals surface area contributed by atoms with Gasteiger partial charge in [-0.1, -0.05) is 0 Å². The Morgan fingerprint density at radius 1 is 1.78 bits per heavy atom. The molecule has 0 spiro atoms. The van der Waals surface area contributed by atoms with E-state index in [4.69, 9.17) is 0 Å². The number of hydrogen-bond donors (Lipinski definition) is 0. The van der Waals surface area contributed by atoms with Crippen molar-refractivity contribution in [2.24, 2.45) is 0 Å². The second kappa shape index (κ2) is 2.79. The van der Waals surface area contributed by atoms with Gasteiger partial charge in [-0.3, -0.25) is 4.79 Å². The van der Waals surface area contributed by atoms with Crippen molar-refractivity contribution in [2.75, 3.05) is 0 Å². The molecule has 0 N–H and O–H groups in total. The van der Waals surface area contributed by atoms with E-state index in [1.54, 1.807) is 6.92 Å². The average molecular weight is 252 g/mol. The first-order valence-electron chi connectivity index (χ1n) is 2.45. The molecule has 1 aromatic rings. The van der Waals surface area contributed by atoms with E-state index in [1.165, 1.54) is 11.3 Å². The van der Waals surface area contributed by atoms with Crippen molar-refractivity contribution >= 4 is 39.7 Å². The highest BCUT2D eigenvalue weighted by Gasteiger charge is 2.00. The molecule has 3 heteroatoms. The van der Waals surface area contributed by atoms with Gasteiger partial charge >= 0.3 is 0 Å². The summed E-state index contributed by atoms with van der Waals surface area (Å²) in [5.41, 5.74) is 0. The van der Waals surface area contributed by atoms with Crippen molar-refractivity contribution in [1.29, 1.82) is 0 Å². The maximum Gasteiger partial charge on any atom is 0.169 e. The molecule has 1 nitrogen and oxygen atoms in total. The zero-order valence-corrected chi connectivity index (χ0v) is 7.82. The van der Waals surface area contributed by atoms with Crippen molar-refractivity contribution in [2.45, 2.75) is 6.92 Å². The van der Waals surface area contributed by atoms with Gasteiger partial charge in [-0.2, -0.15) is 0 Å². The summed E-state index contributed by atoms with van der Waals surface area (Å²) in [7, 11) is 0. The highest BCUT2D eigenvalue weighted by molar-refractivity contribution is 14.1. The molecule has 0 unspecified atom stereocenters. The molecule has 0 aliphatic rings. The molecule has 48 valence electrons. The van der Waals surface area contributed by atoms with E-state index < -0.39 is 0 Å². The summed E-state index contributed by atoms with van der Waals surface area (Å²) in [6.07, 6.45) is 0. The molecule has 1 rings (SSSR count). The largest absolute Gasteiger partial charge is 0.294 e. The van der Waals surface area contributed by atoms with E-state index in [9.17, 15) is 4.79 Å². The molecule has 0 aliphatic carbocycles. The van der Waals surface area contributed by atoms with Gasteiger partial charge in [0.25, 0.3) is 0 Å². The van der Waals surface area contributed by atoms with Crippen LogP contribution in [0.2, 0.25) is 0 Å². The second-order valence-corrected chi connectivity index (χ2v) is 3.84. The van der Waals surface area contributed by atoms with E-state index in [0.29, 0.717) is 0 Å². The van der Waals surface area contributed by atoms with Crippen LogP contribution in [0.15, 0.2) is 11.4 Å². The molecule has 1 aromatic heterocycles. The van der Waals surface area contributed by atoms with E-state index in [1.807, 2.05) is 11.4 Å². The number of carbonyl (C=O) groups is 1. The quantitative estimate of drug-likeness (QED) is 0.554. The minimum atomic E-state index is 0.155. The zero-order valence-electron chi connectivity index (χ0n) is 4.85. The average Bonchev–Trinajstić information content (AvgIpc) is 2.14. The lowest BCUT2D eigenvalue weighted by molar-refractivity contribution is 0.102. The van der Waals surface area contributed by atoms with Gasteiger partial charge in [-0.25, -0.2) is 0 Å². The van der Waals surface area contributed by atoms with Crippen LogP contribution >= 0.6 is 33.9 Å². The SMILES string of the molecule is CC(=O)c1cc(I)cs1. The summed E-state index contributed by atoms with van der Waals surface area (Å²) in [4.78, 5) is 11.5. The van der Waals surface area contributed by atoms with Gasteiger partial charge in [0.1, 0.15) is 0 Å². The van der Waals surface area contributed by atoms with Crippen molar-refractivity contribution in [3.8, 4) is 0 Å². The molecule has 0 aliphatic heterocycles. The summed E-state index contributed by atoms with van der Waals surface area (Å²) in [5, 5.41) is 1.97. The van der Waals surface area contributed by atoms with Gasteiger partial charge in [-0.05, 0) is 35.6 Å². The Morgan fingerprint density at radius 2 is 2.44 bits per heavy atom. The van der Waals surface area contributed by atoms with Gasteiger partial charge in [0.15, 0.2) is 5.78 Å². The second-order valence-electron chi connectivity index (χ2n) is 1.69. The molecule has 0 radical (unpaired) electrons. The van der Waals surface area contributed by atoms with Gasteiger partial charge in [0.05, 0.1) is 4.88 Å². The molecule has 0 saturated heterocycles. The Balaban J connectivity index is 2.98. The minimum Gasteiger partial charge on any atom is -0.294 e. The van der Waals surface area contributed by atoms with Crippen LogP contribution in [0.3, 0.4) is 0 Å². The Hall–Kier alpha value is 0.1000. The van der Waals surface area contributed by atoms with Crippen molar-refractivity contribution in [3.05, 3.63) is 19.9 Å².